The largest absolute Gasteiger partial charge is 0.339 e. The van der Waals surface area contributed by atoms with Crippen molar-refractivity contribution >= 4 is 11.6 Å². The molecular weight excluding hydrogens is 323 g/mol. The van der Waals surface area contributed by atoms with E-state index in [4.69, 9.17) is 4.52 Å². The first kappa shape index (κ1) is 15.4. The number of anilines is 1. The van der Waals surface area contributed by atoms with Gasteiger partial charge in [-0.2, -0.15) is 4.98 Å². The normalized spacial score (nSPS) is 17.3. The van der Waals surface area contributed by atoms with E-state index in [0.717, 1.165) is 5.56 Å². The van der Waals surface area contributed by atoms with Crippen molar-refractivity contribution in [2.24, 2.45) is 0 Å². The van der Waals surface area contributed by atoms with Crippen LogP contribution in [0.4, 0.5) is 10.1 Å². The molecule has 0 N–H and O–H groups in total. The van der Waals surface area contributed by atoms with E-state index in [1.165, 1.54) is 6.07 Å². The van der Waals surface area contributed by atoms with E-state index in [9.17, 15) is 9.18 Å². The van der Waals surface area contributed by atoms with E-state index in [0.29, 0.717) is 29.5 Å². The fourth-order valence-electron chi connectivity index (χ4n) is 2.89. The summed E-state index contributed by atoms with van der Waals surface area (Å²) in [6, 6.07) is 8.37. The molecule has 0 aliphatic carbocycles. The lowest BCUT2D eigenvalue weighted by molar-refractivity contribution is -0.117. The molecule has 0 bridgehead atoms. The standard InChI is InChI=1S/C18H15FN4O2/c1-11-2-3-14(9-15(11)19)23-10-13(8-16(23)24)18-21-17(22-25-18)12-4-6-20-7-5-12/h2-7,9,13H,8,10H2,1H3. The second-order valence-electron chi connectivity index (χ2n) is 6.03. The first-order valence-corrected chi connectivity index (χ1v) is 7.92. The van der Waals surface area contributed by atoms with Crippen LogP contribution in [0, 0.1) is 12.7 Å². The molecule has 1 aliphatic heterocycles. The number of hydrogen-bond acceptors (Lipinski definition) is 5. The highest BCUT2D eigenvalue weighted by Gasteiger charge is 2.35. The summed E-state index contributed by atoms with van der Waals surface area (Å²) in [5.74, 6) is 0.253. The number of carbonyl (C=O) groups excluding carboxylic acids is 1. The van der Waals surface area contributed by atoms with E-state index in [1.54, 1.807) is 48.5 Å². The van der Waals surface area contributed by atoms with Crippen LogP contribution in [-0.4, -0.2) is 27.6 Å². The van der Waals surface area contributed by atoms with Crippen molar-refractivity contribution in [2.75, 3.05) is 11.4 Å². The van der Waals surface area contributed by atoms with E-state index in [2.05, 4.69) is 15.1 Å². The van der Waals surface area contributed by atoms with Gasteiger partial charge in [0, 0.05) is 36.6 Å². The molecule has 3 aromatic rings. The average Bonchev–Trinajstić information content (AvgIpc) is 3.25. The summed E-state index contributed by atoms with van der Waals surface area (Å²) in [7, 11) is 0. The average molecular weight is 338 g/mol. The molecule has 126 valence electrons. The second-order valence-corrected chi connectivity index (χ2v) is 6.03. The Labute approximate surface area is 143 Å². The van der Waals surface area contributed by atoms with Crippen LogP contribution >= 0.6 is 0 Å². The number of halogens is 1. The molecule has 2 aromatic heterocycles. The predicted molar refractivity (Wildman–Crippen MR) is 88.4 cm³/mol. The molecule has 0 saturated carbocycles. The summed E-state index contributed by atoms with van der Waals surface area (Å²) in [6.07, 6.45) is 3.56. The predicted octanol–water partition coefficient (Wildman–Crippen LogP) is 3.10. The summed E-state index contributed by atoms with van der Waals surface area (Å²) in [5.41, 5.74) is 1.89. The number of carbonyl (C=O) groups is 1. The first-order chi connectivity index (χ1) is 12.1. The van der Waals surface area contributed by atoms with Crippen LogP contribution in [-0.2, 0) is 4.79 Å². The molecule has 6 nitrogen and oxygen atoms in total. The van der Waals surface area contributed by atoms with Crippen molar-refractivity contribution in [3.05, 3.63) is 60.0 Å². The Hall–Kier alpha value is -3.09. The smallest absolute Gasteiger partial charge is 0.232 e. The van der Waals surface area contributed by atoms with Crippen molar-refractivity contribution in [3.8, 4) is 11.4 Å². The molecule has 1 saturated heterocycles. The Morgan fingerprint density at radius 3 is 2.80 bits per heavy atom. The topological polar surface area (TPSA) is 72.1 Å². The van der Waals surface area contributed by atoms with Gasteiger partial charge in [-0.1, -0.05) is 11.2 Å². The lowest BCUT2D eigenvalue weighted by Gasteiger charge is -2.16. The maximum absolute atomic E-state index is 13.8. The fourth-order valence-corrected chi connectivity index (χ4v) is 2.89. The molecule has 0 spiro atoms. The van der Waals surface area contributed by atoms with Gasteiger partial charge in [0.15, 0.2) is 0 Å². The number of pyridine rings is 1. The van der Waals surface area contributed by atoms with Gasteiger partial charge in [0.05, 0.1) is 5.92 Å². The Kier molecular flexibility index (Phi) is 3.76. The molecule has 0 radical (unpaired) electrons. The number of nitrogens with zero attached hydrogens (tertiary/aromatic N) is 4. The van der Waals surface area contributed by atoms with Crippen molar-refractivity contribution < 1.29 is 13.7 Å². The fraction of sp³-hybridized carbons (Fsp3) is 0.222. The minimum Gasteiger partial charge on any atom is -0.339 e. The van der Waals surface area contributed by atoms with E-state index in [-0.39, 0.29) is 24.1 Å². The van der Waals surface area contributed by atoms with E-state index >= 15 is 0 Å². The maximum atomic E-state index is 13.8. The van der Waals surface area contributed by atoms with Gasteiger partial charge in [-0.25, -0.2) is 4.39 Å². The molecular formula is C18H15FN4O2. The van der Waals surface area contributed by atoms with Gasteiger partial charge < -0.3 is 9.42 Å². The molecule has 1 fully saturated rings. The van der Waals surface area contributed by atoms with Crippen LogP contribution in [0.5, 0.6) is 0 Å². The van der Waals surface area contributed by atoms with Gasteiger partial charge in [-0.3, -0.25) is 9.78 Å². The van der Waals surface area contributed by atoms with Crippen molar-refractivity contribution in [2.45, 2.75) is 19.3 Å². The molecule has 1 atom stereocenters. The van der Waals surface area contributed by atoms with Crippen LogP contribution in [0.3, 0.4) is 0 Å². The third kappa shape index (κ3) is 2.88. The minimum atomic E-state index is -0.327. The van der Waals surface area contributed by atoms with Crippen molar-refractivity contribution in [1.82, 2.24) is 15.1 Å². The zero-order valence-corrected chi connectivity index (χ0v) is 13.5. The van der Waals surface area contributed by atoms with Crippen LogP contribution in [0.2, 0.25) is 0 Å². The molecule has 25 heavy (non-hydrogen) atoms. The molecule has 4 rings (SSSR count). The summed E-state index contributed by atoms with van der Waals surface area (Å²) in [4.78, 5) is 22.2. The number of rotatable bonds is 3. The zero-order chi connectivity index (χ0) is 17.4. The Bertz CT molecular complexity index is 926. The van der Waals surface area contributed by atoms with Gasteiger partial charge >= 0.3 is 0 Å². The maximum Gasteiger partial charge on any atom is 0.232 e. The van der Waals surface area contributed by atoms with Crippen LogP contribution < -0.4 is 4.90 Å². The Morgan fingerprint density at radius 1 is 1.24 bits per heavy atom. The van der Waals surface area contributed by atoms with Gasteiger partial charge in [-0.05, 0) is 36.8 Å². The monoisotopic (exact) mass is 338 g/mol. The van der Waals surface area contributed by atoms with Crippen LogP contribution in [0.25, 0.3) is 11.4 Å². The Morgan fingerprint density at radius 2 is 2.04 bits per heavy atom. The van der Waals surface area contributed by atoms with Crippen LogP contribution in [0.15, 0.2) is 47.2 Å². The summed E-state index contributed by atoms with van der Waals surface area (Å²) >= 11 is 0. The molecule has 3 heterocycles. The van der Waals surface area contributed by atoms with Gasteiger partial charge in [-0.15, -0.1) is 0 Å². The number of amides is 1. The summed E-state index contributed by atoms with van der Waals surface area (Å²) in [5, 5.41) is 3.98. The number of aryl methyl sites for hydroxylation is 1. The highest BCUT2D eigenvalue weighted by Crippen LogP contribution is 2.32. The number of benzene rings is 1. The summed E-state index contributed by atoms with van der Waals surface area (Å²) < 4.78 is 19.1. The van der Waals surface area contributed by atoms with E-state index in [1.807, 2.05) is 0 Å². The molecule has 1 aromatic carbocycles. The SMILES string of the molecule is Cc1ccc(N2CC(c3nc(-c4ccncc4)no3)CC2=O)cc1F. The third-order valence-corrected chi connectivity index (χ3v) is 4.32. The Balaban J connectivity index is 1.56. The van der Waals surface area contributed by atoms with Gasteiger partial charge in [0.25, 0.3) is 0 Å². The quantitative estimate of drug-likeness (QED) is 0.734. The zero-order valence-electron chi connectivity index (χ0n) is 13.5. The summed E-state index contributed by atoms with van der Waals surface area (Å²) in [6.45, 7) is 2.08. The first-order valence-electron chi connectivity index (χ1n) is 7.92. The van der Waals surface area contributed by atoms with E-state index < -0.39 is 0 Å². The number of hydrogen-bond donors (Lipinski definition) is 0. The van der Waals surface area contributed by atoms with Gasteiger partial charge in [0.2, 0.25) is 17.6 Å². The lowest BCUT2D eigenvalue weighted by atomic mass is 10.1. The van der Waals surface area contributed by atoms with Crippen molar-refractivity contribution in [3.63, 3.8) is 0 Å². The number of aromatic nitrogens is 3. The van der Waals surface area contributed by atoms with Crippen molar-refractivity contribution in [1.29, 1.82) is 0 Å². The van der Waals surface area contributed by atoms with Gasteiger partial charge in [0.1, 0.15) is 5.82 Å². The lowest BCUT2D eigenvalue weighted by Crippen LogP contribution is -2.24. The molecule has 1 unspecified atom stereocenters. The minimum absolute atomic E-state index is 0.0862. The van der Waals surface area contributed by atoms with Crippen LogP contribution in [0.1, 0.15) is 23.8 Å². The second kappa shape index (κ2) is 6.08. The molecule has 1 aliphatic rings. The molecule has 7 heteroatoms. The highest BCUT2D eigenvalue weighted by atomic mass is 19.1. The molecule has 1 amide bonds. The highest BCUT2D eigenvalue weighted by molar-refractivity contribution is 5.96. The third-order valence-electron chi connectivity index (χ3n) is 4.32.